The molecular weight excluding hydrogens is 407 g/mol. The van der Waals surface area contributed by atoms with Crippen molar-refractivity contribution in [2.45, 2.75) is 30.8 Å². The van der Waals surface area contributed by atoms with Crippen LogP contribution in [0.2, 0.25) is 10.0 Å². The predicted molar refractivity (Wildman–Crippen MR) is 108 cm³/mol. The Balaban J connectivity index is 1.77. The van der Waals surface area contributed by atoms with E-state index in [4.69, 9.17) is 27.9 Å². The first-order valence-corrected chi connectivity index (χ1v) is 11.0. The number of nitrogens with one attached hydrogen (secondary N) is 1. The molecule has 1 N–H and O–H groups in total. The van der Waals surface area contributed by atoms with Crippen LogP contribution in [-0.4, -0.2) is 33.5 Å². The molecule has 0 amide bonds. The number of methoxy groups -OCH3 is 1. The Kier molecular flexibility index (Phi) is 6.65. The Bertz CT molecular complexity index is 913. The monoisotopic (exact) mass is 428 g/mol. The van der Waals surface area contributed by atoms with Crippen LogP contribution in [0.5, 0.6) is 5.75 Å². The smallest absolute Gasteiger partial charge is 0.242 e. The zero-order valence-electron chi connectivity index (χ0n) is 15.0. The number of hydrogen-bond donors (Lipinski definition) is 1. The van der Waals surface area contributed by atoms with Gasteiger partial charge in [0.25, 0.3) is 0 Å². The molecule has 1 saturated heterocycles. The summed E-state index contributed by atoms with van der Waals surface area (Å²) < 4.78 is 33.2. The molecule has 146 valence electrons. The van der Waals surface area contributed by atoms with Gasteiger partial charge in [0.2, 0.25) is 10.0 Å². The molecule has 0 spiro atoms. The third-order valence-corrected chi connectivity index (χ3v) is 7.10. The molecule has 0 aromatic heterocycles. The maximum Gasteiger partial charge on any atom is 0.242 e. The summed E-state index contributed by atoms with van der Waals surface area (Å²) in [5, 5.41) is 0.0327. The fourth-order valence-electron chi connectivity index (χ4n) is 3.20. The molecule has 1 fully saturated rings. The quantitative estimate of drug-likeness (QED) is 0.721. The van der Waals surface area contributed by atoms with E-state index >= 15 is 0 Å². The van der Waals surface area contributed by atoms with Crippen LogP contribution in [0, 0.1) is 0 Å². The SMILES string of the molecule is COc1ccc(S(=O)(=O)NCc2ccccc2CN2CCCC2)c(Cl)c1Cl. The molecule has 0 aliphatic carbocycles. The summed E-state index contributed by atoms with van der Waals surface area (Å²) in [6, 6.07) is 10.8. The van der Waals surface area contributed by atoms with E-state index in [1.165, 1.54) is 32.1 Å². The highest BCUT2D eigenvalue weighted by Crippen LogP contribution is 2.36. The van der Waals surface area contributed by atoms with Crippen LogP contribution < -0.4 is 9.46 Å². The summed E-state index contributed by atoms with van der Waals surface area (Å²) in [5.74, 6) is 0.330. The van der Waals surface area contributed by atoms with Crippen molar-refractivity contribution >= 4 is 33.2 Å². The van der Waals surface area contributed by atoms with Crippen molar-refractivity contribution in [1.29, 1.82) is 0 Å². The summed E-state index contributed by atoms with van der Waals surface area (Å²) in [5.41, 5.74) is 2.07. The van der Waals surface area contributed by atoms with Gasteiger partial charge in [0.15, 0.2) is 0 Å². The van der Waals surface area contributed by atoms with Crippen LogP contribution in [0.4, 0.5) is 0 Å². The molecule has 1 aliphatic heterocycles. The zero-order valence-corrected chi connectivity index (χ0v) is 17.4. The summed E-state index contributed by atoms with van der Waals surface area (Å²) in [6.07, 6.45) is 2.43. The Morgan fingerprint density at radius 2 is 1.70 bits per heavy atom. The molecule has 0 unspecified atom stereocenters. The lowest BCUT2D eigenvalue weighted by atomic mass is 10.1. The van der Waals surface area contributed by atoms with Crippen molar-refractivity contribution in [2.75, 3.05) is 20.2 Å². The third-order valence-electron chi connectivity index (χ3n) is 4.68. The topological polar surface area (TPSA) is 58.6 Å². The minimum Gasteiger partial charge on any atom is -0.495 e. The van der Waals surface area contributed by atoms with Crippen molar-refractivity contribution < 1.29 is 13.2 Å². The van der Waals surface area contributed by atoms with E-state index in [0.717, 1.165) is 30.8 Å². The Hall–Kier alpha value is -1.31. The van der Waals surface area contributed by atoms with Gasteiger partial charge in [-0.15, -0.1) is 0 Å². The summed E-state index contributed by atoms with van der Waals surface area (Å²) in [6.45, 7) is 3.18. The second kappa shape index (κ2) is 8.80. The standard InChI is InChI=1S/C19H22Cl2N2O3S/c1-26-16-8-9-17(19(21)18(16)20)27(24,25)22-12-14-6-2-3-7-15(14)13-23-10-4-5-11-23/h2-3,6-9,22H,4-5,10-13H2,1H3. The van der Waals surface area contributed by atoms with Crippen molar-refractivity contribution in [3.63, 3.8) is 0 Å². The number of sulfonamides is 1. The largest absolute Gasteiger partial charge is 0.495 e. The molecule has 0 saturated carbocycles. The van der Waals surface area contributed by atoms with Crippen LogP contribution >= 0.6 is 23.2 Å². The van der Waals surface area contributed by atoms with Crippen molar-refractivity contribution in [3.05, 3.63) is 57.6 Å². The van der Waals surface area contributed by atoms with E-state index in [2.05, 4.69) is 9.62 Å². The lowest BCUT2D eigenvalue weighted by Gasteiger charge is -2.18. The molecule has 0 bridgehead atoms. The van der Waals surface area contributed by atoms with Crippen LogP contribution in [0.15, 0.2) is 41.3 Å². The highest BCUT2D eigenvalue weighted by atomic mass is 35.5. The number of likely N-dealkylation sites (tertiary alicyclic amines) is 1. The van der Waals surface area contributed by atoms with Gasteiger partial charge in [0, 0.05) is 13.1 Å². The van der Waals surface area contributed by atoms with E-state index in [0.29, 0.717) is 5.75 Å². The molecule has 1 aliphatic rings. The molecule has 2 aromatic rings. The van der Waals surface area contributed by atoms with E-state index in [-0.39, 0.29) is 21.5 Å². The van der Waals surface area contributed by atoms with Crippen LogP contribution in [0.25, 0.3) is 0 Å². The summed E-state index contributed by atoms with van der Waals surface area (Å²) in [4.78, 5) is 2.32. The van der Waals surface area contributed by atoms with Gasteiger partial charge in [0.05, 0.1) is 12.1 Å². The Morgan fingerprint density at radius 3 is 2.37 bits per heavy atom. The molecule has 3 rings (SSSR count). The lowest BCUT2D eigenvalue weighted by Crippen LogP contribution is -2.25. The molecule has 8 heteroatoms. The van der Waals surface area contributed by atoms with Gasteiger partial charge in [-0.1, -0.05) is 47.5 Å². The fraction of sp³-hybridized carbons (Fsp3) is 0.368. The predicted octanol–water partition coefficient (Wildman–Crippen LogP) is 4.08. The molecule has 27 heavy (non-hydrogen) atoms. The number of halogens is 2. The van der Waals surface area contributed by atoms with Crippen molar-refractivity contribution in [3.8, 4) is 5.75 Å². The molecule has 1 heterocycles. The van der Waals surface area contributed by atoms with Gasteiger partial charge in [0.1, 0.15) is 15.7 Å². The Morgan fingerprint density at radius 1 is 1.04 bits per heavy atom. The first-order valence-electron chi connectivity index (χ1n) is 8.73. The maximum absolute atomic E-state index is 12.7. The van der Waals surface area contributed by atoms with Gasteiger partial charge in [-0.05, 0) is 49.2 Å². The first kappa shape index (κ1) is 20.4. The second-order valence-corrected chi connectivity index (χ2v) is 8.96. The van der Waals surface area contributed by atoms with Gasteiger partial charge < -0.3 is 4.74 Å². The number of nitrogens with zero attached hydrogens (tertiary/aromatic N) is 1. The number of rotatable bonds is 7. The van der Waals surface area contributed by atoms with Crippen molar-refractivity contribution in [2.24, 2.45) is 0 Å². The van der Waals surface area contributed by atoms with Crippen LogP contribution in [0.1, 0.15) is 24.0 Å². The lowest BCUT2D eigenvalue weighted by molar-refractivity contribution is 0.330. The van der Waals surface area contributed by atoms with Gasteiger partial charge in [-0.3, -0.25) is 4.90 Å². The summed E-state index contributed by atoms with van der Waals surface area (Å²) in [7, 11) is -2.37. The highest BCUT2D eigenvalue weighted by molar-refractivity contribution is 7.89. The molecule has 2 aromatic carbocycles. The first-order chi connectivity index (χ1) is 12.9. The molecule has 0 radical (unpaired) electrons. The fourth-order valence-corrected chi connectivity index (χ4v) is 5.04. The normalized spacial score (nSPS) is 15.2. The Labute approximate surface area is 170 Å². The van der Waals surface area contributed by atoms with Crippen molar-refractivity contribution in [1.82, 2.24) is 9.62 Å². The second-order valence-electron chi connectivity index (χ2n) is 6.47. The van der Waals surface area contributed by atoms with E-state index in [9.17, 15) is 8.42 Å². The number of ether oxygens (including phenoxy) is 1. The maximum atomic E-state index is 12.7. The minimum atomic E-state index is -3.82. The van der Waals surface area contributed by atoms with Crippen LogP contribution in [0.3, 0.4) is 0 Å². The van der Waals surface area contributed by atoms with E-state index in [1.807, 2.05) is 24.3 Å². The van der Waals surface area contributed by atoms with Gasteiger partial charge >= 0.3 is 0 Å². The summed E-state index contributed by atoms with van der Waals surface area (Å²) >= 11 is 12.2. The van der Waals surface area contributed by atoms with E-state index < -0.39 is 10.0 Å². The average Bonchev–Trinajstić information content (AvgIpc) is 3.16. The molecular formula is C19H22Cl2N2O3S. The van der Waals surface area contributed by atoms with Gasteiger partial charge in [-0.25, -0.2) is 13.1 Å². The minimum absolute atomic E-state index is 0.0473. The zero-order chi connectivity index (χ0) is 19.4. The number of hydrogen-bond acceptors (Lipinski definition) is 4. The van der Waals surface area contributed by atoms with E-state index in [1.54, 1.807) is 0 Å². The average molecular weight is 429 g/mol. The highest BCUT2D eigenvalue weighted by Gasteiger charge is 2.22. The third kappa shape index (κ3) is 4.76. The molecule has 5 nitrogen and oxygen atoms in total. The molecule has 0 atom stereocenters. The van der Waals surface area contributed by atoms with Crippen LogP contribution in [-0.2, 0) is 23.1 Å². The number of benzene rings is 2. The van der Waals surface area contributed by atoms with Gasteiger partial charge in [-0.2, -0.15) is 0 Å².